The van der Waals surface area contributed by atoms with E-state index in [-0.39, 0.29) is 78.4 Å². The van der Waals surface area contributed by atoms with Crippen LogP contribution in [0.15, 0.2) is 18.2 Å². The monoisotopic (exact) mass is 913 g/mol. The van der Waals surface area contributed by atoms with Crippen LogP contribution in [0.25, 0.3) is 0 Å². The van der Waals surface area contributed by atoms with Crippen molar-refractivity contribution in [2.75, 3.05) is 92.8 Å². The van der Waals surface area contributed by atoms with Crippen LogP contribution < -0.4 is 15.4 Å². The van der Waals surface area contributed by atoms with Gasteiger partial charge in [-0.25, -0.2) is 0 Å². The largest absolute Gasteiger partial charge is 0.507 e. The van der Waals surface area contributed by atoms with Gasteiger partial charge in [-0.1, -0.05) is 26.0 Å². The van der Waals surface area contributed by atoms with Gasteiger partial charge in [0.15, 0.2) is 12.1 Å². The standard InChI is InChI=1S/C46H63N3O16/c1-26(2)8-13-58-16-18-60-20-21-61-19-17-59-14-9-33(50)47-10-11-48-45(55)46(56)23-29-37(32(24-46)64-35-22-30-44(27(3)63-35)65-34-25-62-15-12-49(30)34)43(54)39-38(41(29)52)40(51)28-6-5-7-31(57-4)36(28)42(39)53/h5-7,26-27,30,32,34-35,44,52,54,56H,8-25H2,1-4H3,(H,47,50)(H,48,55)/t27-,30-,32-,34+,35-,44+,46-/m0/s1. The average molecular weight is 914 g/mol. The number of rotatable bonds is 22. The van der Waals surface area contributed by atoms with Crippen LogP contribution >= 0.6 is 0 Å². The molecule has 3 saturated heterocycles. The number of fused-ring (bicyclic) bond motifs is 6. The molecule has 19 heteroatoms. The molecule has 3 fully saturated rings. The van der Waals surface area contributed by atoms with Crippen molar-refractivity contribution in [3.8, 4) is 17.2 Å². The van der Waals surface area contributed by atoms with Gasteiger partial charge in [0.05, 0.1) is 95.5 Å². The summed E-state index contributed by atoms with van der Waals surface area (Å²) in [4.78, 5) is 56.8. The third kappa shape index (κ3) is 11.0. The second-order valence-corrected chi connectivity index (χ2v) is 17.3. The number of nitrogens with one attached hydrogen (secondary N) is 2. The smallest absolute Gasteiger partial charge is 0.252 e. The van der Waals surface area contributed by atoms with E-state index in [0.29, 0.717) is 71.7 Å². The zero-order chi connectivity index (χ0) is 46.3. The first-order chi connectivity index (χ1) is 31.3. The lowest BCUT2D eigenvalue weighted by Crippen LogP contribution is -2.54. The lowest BCUT2D eigenvalue weighted by Gasteiger charge is -2.43. The summed E-state index contributed by atoms with van der Waals surface area (Å²) in [7, 11) is 1.35. The fraction of sp³-hybridized carbons (Fsp3) is 0.652. The summed E-state index contributed by atoms with van der Waals surface area (Å²) in [5.74, 6) is -3.23. The molecule has 2 aromatic carbocycles. The van der Waals surface area contributed by atoms with Crippen LogP contribution in [0, 0.1) is 5.92 Å². The van der Waals surface area contributed by atoms with E-state index < -0.39 is 77.0 Å². The van der Waals surface area contributed by atoms with Gasteiger partial charge in [0.2, 0.25) is 11.7 Å². The molecule has 7 atom stereocenters. The highest BCUT2D eigenvalue weighted by Crippen LogP contribution is 2.53. The Hall–Kier alpha value is -4.28. The van der Waals surface area contributed by atoms with Crippen molar-refractivity contribution in [2.24, 2.45) is 5.92 Å². The van der Waals surface area contributed by atoms with Crippen molar-refractivity contribution in [2.45, 2.75) is 95.3 Å². The van der Waals surface area contributed by atoms with Crippen LogP contribution in [0.2, 0.25) is 0 Å². The van der Waals surface area contributed by atoms with Crippen LogP contribution in [-0.4, -0.2) is 173 Å². The maximum Gasteiger partial charge on any atom is 0.252 e. The van der Waals surface area contributed by atoms with Crippen LogP contribution in [0.3, 0.4) is 0 Å². The molecule has 7 rings (SSSR count). The van der Waals surface area contributed by atoms with Gasteiger partial charge < -0.3 is 68.6 Å². The number of methoxy groups -OCH3 is 1. The molecule has 0 bridgehead atoms. The minimum Gasteiger partial charge on any atom is -0.507 e. The van der Waals surface area contributed by atoms with Gasteiger partial charge >= 0.3 is 0 Å². The molecule has 0 unspecified atom stereocenters. The molecule has 0 radical (unpaired) electrons. The molecule has 3 aliphatic heterocycles. The first kappa shape index (κ1) is 48.6. The molecule has 65 heavy (non-hydrogen) atoms. The Morgan fingerprint density at radius 3 is 2.28 bits per heavy atom. The summed E-state index contributed by atoms with van der Waals surface area (Å²) in [6, 6.07) is 4.35. The highest BCUT2D eigenvalue weighted by atomic mass is 16.7. The second-order valence-electron chi connectivity index (χ2n) is 17.3. The molecule has 0 saturated carbocycles. The highest BCUT2D eigenvalue weighted by Gasteiger charge is 2.53. The molecule has 0 aromatic heterocycles. The van der Waals surface area contributed by atoms with Crippen LogP contribution in [0.1, 0.15) is 95.5 Å². The molecular weight excluding hydrogens is 851 g/mol. The Morgan fingerprint density at radius 2 is 1.57 bits per heavy atom. The molecule has 5 N–H and O–H groups in total. The molecule has 2 aromatic rings. The predicted octanol–water partition coefficient (Wildman–Crippen LogP) is 1.91. The van der Waals surface area contributed by atoms with Gasteiger partial charge in [0.25, 0.3) is 5.91 Å². The van der Waals surface area contributed by atoms with Crippen molar-refractivity contribution in [3.05, 3.63) is 51.6 Å². The Balaban J connectivity index is 0.961. The number of phenolic OH excluding ortho intramolecular Hbond substituents is 2. The van der Waals surface area contributed by atoms with Crippen LogP contribution in [-0.2, 0) is 53.9 Å². The zero-order valence-corrected chi connectivity index (χ0v) is 37.6. The van der Waals surface area contributed by atoms with Gasteiger partial charge in [0, 0.05) is 74.7 Å². The number of hydrogen-bond donors (Lipinski definition) is 5. The highest BCUT2D eigenvalue weighted by molar-refractivity contribution is 6.31. The molecule has 3 heterocycles. The number of ether oxygens (including phenoxy) is 9. The average Bonchev–Trinajstić information content (AvgIpc) is 3.66. The number of morpholine rings is 1. The fourth-order valence-corrected chi connectivity index (χ4v) is 9.17. The van der Waals surface area contributed by atoms with E-state index in [1.807, 2.05) is 6.92 Å². The number of ketones is 2. The van der Waals surface area contributed by atoms with Gasteiger partial charge in [-0.3, -0.25) is 24.1 Å². The summed E-state index contributed by atoms with van der Waals surface area (Å²) >= 11 is 0. The third-order valence-corrected chi connectivity index (χ3v) is 12.5. The summed E-state index contributed by atoms with van der Waals surface area (Å²) in [6.45, 7) is 11.1. The predicted molar refractivity (Wildman–Crippen MR) is 229 cm³/mol. The molecule has 0 spiro atoms. The number of hydrogen-bond acceptors (Lipinski definition) is 17. The lowest BCUT2D eigenvalue weighted by atomic mass is 9.72. The summed E-state index contributed by atoms with van der Waals surface area (Å²) in [5, 5.41) is 41.5. The molecular formula is C46H63N3O16. The maximum absolute atomic E-state index is 14.1. The maximum atomic E-state index is 14.1. The van der Waals surface area contributed by atoms with E-state index in [1.54, 1.807) is 0 Å². The molecule has 2 aliphatic carbocycles. The topological polar surface area (TPSA) is 239 Å². The zero-order valence-electron chi connectivity index (χ0n) is 37.6. The Bertz CT molecular complexity index is 2030. The number of carbonyl (C=O) groups excluding carboxylic acids is 4. The quantitative estimate of drug-likeness (QED) is 0.0715. The Kier molecular flexibility index (Phi) is 16.5. The summed E-state index contributed by atoms with van der Waals surface area (Å²) < 4.78 is 52.1. The number of carbonyl (C=O) groups is 4. The van der Waals surface area contributed by atoms with Crippen molar-refractivity contribution in [3.63, 3.8) is 0 Å². The van der Waals surface area contributed by atoms with Crippen molar-refractivity contribution < 1.29 is 77.1 Å². The first-order valence-corrected chi connectivity index (χ1v) is 22.6. The summed E-state index contributed by atoms with van der Waals surface area (Å²) in [5.41, 5.74) is -3.43. The Morgan fingerprint density at radius 1 is 0.892 bits per heavy atom. The number of phenols is 2. The summed E-state index contributed by atoms with van der Waals surface area (Å²) in [6.07, 6.45) is -2.77. The third-order valence-electron chi connectivity index (χ3n) is 12.5. The minimum absolute atomic E-state index is 0.0308. The van der Waals surface area contributed by atoms with Crippen LogP contribution in [0.5, 0.6) is 17.2 Å². The van der Waals surface area contributed by atoms with E-state index in [4.69, 9.17) is 42.6 Å². The van der Waals surface area contributed by atoms with E-state index >= 15 is 0 Å². The second kappa shape index (κ2) is 22.0. The van der Waals surface area contributed by atoms with E-state index in [9.17, 15) is 34.5 Å². The normalized spacial score (nSPS) is 25.9. The van der Waals surface area contributed by atoms with Crippen molar-refractivity contribution in [1.82, 2.24) is 15.5 Å². The van der Waals surface area contributed by atoms with Gasteiger partial charge in [-0.05, 0) is 25.3 Å². The lowest BCUT2D eigenvalue weighted by molar-refractivity contribution is -0.247. The molecule has 19 nitrogen and oxygen atoms in total. The molecule has 2 amide bonds. The van der Waals surface area contributed by atoms with Gasteiger partial charge in [-0.2, -0.15) is 0 Å². The first-order valence-electron chi connectivity index (χ1n) is 22.6. The SMILES string of the molecule is COc1cccc2c1C(=O)c1c(O)c3c(c(O)c1C2=O)C[C@@](O)(C(=O)NCCNC(=O)CCOCCOCCOCCOCCC(C)C)C[C@@H]3O[C@H]1C[C@H]2[C@H](O[C@@H]3COCCN32)[C@H](C)O1. The fourth-order valence-electron chi connectivity index (χ4n) is 9.17. The van der Waals surface area contributed by atoms with Crippen molar-refractivity contribution in [1.29, 1.82) is 0 Å². The number of benzene rings is 2. The van der Waals surface area contributed by atoms with E-state index in [2.05, 4.69) is 29.4 Å². The van der Waals surface area contributed by atoms with Crippen molar-refractivity contribution >= 4 is 23.4 Å². The number of aromatic hydroxyl groups is 2. The number of amides is 2. The molecule has 358 valence electrons. The van der Waals surface area contributed by atoms with Gasteiger partial charge in [-0.15, -0.1) is 0 Å². The van der Waals surface area contributed by atoms with Crippen LogP contribution in [0.4, 0.5) is 0 Å². The molecule has 5 aliphatic rings. The number of aliphatic hydroxyl groups is 1. The van der Waals surface area contributed by atoms with E-state index in [1.165, 1.54) is 25.3 Å². The Labute approximate surface area is 378 Å². The number of nitrogens with zero attached hydrogens (tertiary/aromatic N) is 1. The van der Waals surface area contributed by atoms with E-state index in [0.717, 1.165) is 13.0 Å². The van der Waals surface area contributed by atoms with Gasteiger partial charge in [0.1, 0.15) is 35.2 Å². The minimum atomic E-state index is -2.25.